The van der Waals surface area contributed by atoms with Crippen molar-refractivity contribution in [2.45, 2.75) is 0 Å². The number of hydrogen-bond donors (Lipinski definition) is 2. The molecule has 1 aliphatic rings. The zero-order valence-electron chi connectivity index (χ0n) is 13.0. The molecule has 126 valence electrons. The lowest BCUT2D eigenvalue weighted by Gasteiger charge is -2.27. The Morgan fingerprint density at radius 1 is 1.21 bits per heavy atom. The molecule has 2 N–H and O–H groups in total. The number of nitrogens with zero attached hydrogens (tertiary/aromatic N) is 3. The lowest BCUT2D eigenvalue weighted by Crippen LogP contribution is -2.33. The van der Waals surface area contributed by atoms with E-state index in [1.165, 1.54) is 6.33 Å². The first kappa shape index (κ1) is 17.0. The van der Waals surface area contributed by atoms with Gasteiger partial charge in [-0.05, 0) is 24.3 Å². The highest BCUT2D eigenvalue weighted by atomic mass is 79.9. The first-order valence-corrected chi connectivity index (χ1v) is 9.59. The third-order valence-corrected chi connectivity index (χ3v) is 5.02. The van der Waals surface area contributed by atoms with Gasteiger partial charge >= 0.3 is 0 Å². The van der Waals surface area contributed by atoms with E-state index in [1.54, 1.807) is 0 Å². The molecule has 0 saturated carbocycles. The molecule has 1 aliphatic heterocycles. The summed E-state index contributed by atoms with van der Waals surface area (Å²) in [6.45, 7) is 2.14. The number of anilines is 3. The predicted molar refractivity (Wildman–Crippen MR) is 103 cm³/mol. The van der Waals surface area contributed by atoms with Crippen LogP contribution in [-0.4, -0.2) is 47.0 Å². The molecule has 0 spiro atoms. The molecule has 1 aromatic carbocycles. The average Bonchev–Trinajstić information content (AvgIpc) is 2.63. The minimum Gasteiger partial charge on any atom is -0.361 e. The third-order valence-electron chi connectivity index (χ3n) is 3.55. The van der Waals surface area contributed by atoms with Gasteiger partial charge < -0.3 is 15.5 Å². The molecule has 1 amide bonds. The fourth-order valence-electron chi connectivity index (χ4n) is 2.32. The Morgan fingerprint density at radius 3 is 2.71 bits per heavy atom. The number of aromatic nitrogens is 2. The van der Waals surface area contributed by atoms with Gasteiger partial charge in [0.25, 0.3) is 0 Å². The molecule has 8 heteroatoms. The van der Waals surface area contributed by atoms with Gasteiger partial charge in [-0.2, -0.15) is 11.8 Å². The highest BCUT2D eigenvalue weighted by Crippen LogP contribution is 2.19. The van der Waals surface area contributed by atoms with Crippen molar-refractivity contribution in [2.24, 2.45) is 0 Å². The second-order valence-corrected chi connectivity index (χ2v) is 7.41. The van der Waals surface area contributed by atoms with Crippen LogP contribution in [0.4, 0.5) is 17.3 Å². The van der Waals surface area contributed by atoms with Crippen LogP contribution in [0.25, 0.3) is 0 Å². The number of halogens is 1. The maximum absolute atomic E-state index is 12.0. The van der Waals surface area contributed by atoms with Crippen molar-refractivity contribution < 1.29 is 4.79 Å². The zero-order chi connectivity index (χ0) is 16.8. The van der Waals surface area contributed by atoms with Crippen LogP contribution in [0.1, 0.15) is 0 Å². The van der Waals surface area contributed by atoms with Crippen LogP contribution in [-0.2, 0) is 4.79 Å². The smallest absolute Gasteiger partial charge is 0.243 e. The van der Waals surface area contributed by atoms with Crippen molar-refractivity contribution in [1.29, 1.82) is 0 Å². The molecule has 0 aliphatic carbocycles. The number of thioether (sulfide) groups is 1. The van der Waals surface area contributed by atoms with Gasteiger partial charge in [-0.15, -0.1) is 0 Å². The number of hydrogen-bond acceptors (Lipinski definition) is 6. The van der Waals surface area contributed by atoms with Crippen LogP contribution >= 0.6 is 27.7 Å². The second kappa shape index (κ2) is 8.34. The Kier molecular flexibility index (Phi) is 5.92. The molecule has 6 nitrogen and oxygen atoms in total. The molecule has 2 heterocycles. The van der Waals surface area contributed by atoms with Crippen molar-refractivity contribution in [1.82, 2.24) is 9.97 Å². The normalized spacial score (nSPS) is 14.3. The van der Waals surface area contributed by atoms with E-state index >= 15 is 0 Å². The van der Waals surface area contributed by atoms with Gasteiger partial charge in [0.1, 0.15) is 18.0 Å². The fourth-order valence-corrected chi connectivity index (χ4v) is 3.49. The lowest BCUT2D eigenvalue weighted by atomic mass is 10.3. The first-order valence-electron chi connectivity index (χ1n) is 7.65. The van der Waals surface area contributed by atoms with Crippen molar-refractivity contribution in [2.75, 3.05) is 46.7 Å². The summed E-state index contributed by atoms with van der Waals surface area (Å²) in [4.78, 5) is 22.8. The molecule has 0 atom stereocenters. The van der Waals surface area contributed by atoms with Gasteiger partial charge in [0.05, 0.1) is 6.54 Å². The van der Waals surface area contributed by atoms with Gasteiger partial charge in [0.15, 0.2) is 0 Å². The van der Waals surface area contributed by atoms with Crippen LogP contribution in [0, 0.1) is 0 Å². The van der Waals surface area contributed by atoms with Crippen molar-refractivity contribution in [3.63, 3.8) is 0 Å². The van der Waals surface area contributed by atoms with E-state index in [9.17, 15) is 4.79 Å². The summed E-state index contributed by atoms with van der Waals surface area (Å²) < 4.78 is 0.975. The Hall–Kier alpha value is -1.80. The van der Waals surface area contributed by atoms with Crippen LogP contribution in [0.15, 0.2) is 41.1 Å². The van der Waals surface area contributed by atoms with E-state index in [-0.39, 0.29) is 12.5 Å². The van der Waals surface area contributed by atoms with Gasteiger partial charge in [-0.25, -0.2) is 9.97 Å². The molecule has 24 heavy (non-hydrogen) atoms. The Balaban J connectivity index is 1.54. The van der Waals surface area contributed by atoms with Gasteiger partial charge in [0, 0.05) is 40.8 Å². The number of carbonyl (C=O) groups excluding carboxylic acids is 1. The van der Waals surface area contributed by atoms with E-state index in [1.807, 2.05) is 42.1 Å². The van der Waals surface area contributed by atoms with Crippen molar-refractivity contribution >= 4 is 50.9 Å². The van der Waals surface area contributed by atoms with Crippen LogP contribution < -0.4 is 15.5 Å². The number of benzene rings is 1. The third kappa shape index (κ3) is 4.85. The summed E-state index contributed by atoms with van der Waals surface area (Å²) in [5.41, 5.74) is 0.763. The van der Waals surface area contributed by atoms with Gasteiger partial charge in [0.2, 0.25) is 5.91 Å². The minimum atomic E-state index is -0.119. The average molecular weight is 408 g/mol. The zero-order valence-corrected chi connectivity index (χ0v) is 15.4. The number of rotatable bonds is 5. The van der Waals surface area contributed by atoms with Crippen LogP contribution in [0.3, 0.4) is 0 Å². The molecule has 0 radical (unpaired) electrons. The standard InChI is InChI=1S/C16H18BrN5OS/c17-12-1-3-13(4-2-12)21-16(23)10-18-14-9-15(20-11-19-14)22-5-7-24-8-6-22/h1-4,9,11H,5-8,10H2,(H,21,23)(H,18,19,20). The van der Waals surface area contributed by atoms with E-state index in [0.717, 1.165) is 40.6 Å². The number of amides is 1. The minimum absolute atomic E-state index is 0.119. The summed E-state index contributed by atoms with van der Waals surface area (Å²) in [6, 6.07) is 9.36. The molecule has 1 fully saturated rings. The highest BCUT2D eigenvalue weighted by molar-refractivity contribution is 9.10. The highest BCUT2D eigenvalue weighted by Gasteiger charge is 2.13. The largest absolute Gasteiger partial charge is 0.361 e. The second-order valence-electron chi connectivity index (χ2n) is 5.27. The Morgan fingerprint density at radius 2 is 1.96 bits per heavy atom. The van der Waals surface area contributed by atoms with E-state index in [0.29, 0.717) is 5.82 Å². The van der Waals surface area contributed by atoms with Crippen LogP contribution in [0.2, 0.25) is 0 Å². The summed E-state index contributed by atoms with van der Waals surface area (Å²) in [5.74, 6) is 3.67. The molecule has 1 aromatic heterocycles. The summed E-state index contributed by atoms with van der Waals surface area (Å²) in [5, 5.41) is 5.89. The quantitative estimate of drug-likeness (QED) is 0.793. The molecule has 2 aromatic rings. The van der Waals surface area contributed by atoms with Crippen molar-refractivity contribution in [3.8, 4) is 0 Å². The monoisotopic (exact) mass is 407 g/mol. The Bertz CT molecular complexity index is 691. The molecule has 0 bridgehead atoms. The maximum atomic E-state index is 12.0. The summed E-state index contributed by atoms with van der Waals surface area (Å²) in [6.07, 6.45) is 1.53. The SMILES string of the molecule is O=C(CNc1cc(N2CCSCC2)ncn1)Nc1ccc(Br)cc1. The number of carbonyl (C=O) groups is 1. The molecular formula is C16H18BrN5OS. The van der Waals surface area contributed by atoms with Crippen LogP contribution in [0.5, 0.6) is 0 Å². The van der Waals surface area contributed by atoms with Gasteiger partial charge in [-0.1, -0.05) is 15.9 Å². The van der Waals surface area contributed by atoms with E-state index in [2.05, 4.69) is 41.4 Å². The first-order chi connectivity index (χ1) is 11.7. The molecule has 1 saturated heterocycles. The molecule has 3 rings (SSSR count). The van der Waals surface area contributed by atoms with E-state index in [4.69, 9.17) is 0 Å². The van der Waals surface area contributed by atoms with E-state index < -0.39 is 0 Å². The summed E-state index contributed by atoms with van der Waals surface area (Å²) in [7, 11) is 0. The molecule has 0 unspecified atom stereocenters. The summed E-state index contributed by atoms with van der Waals surface area (Å²) >= 11 is 5.32. The number of nitrogens with one attached hydrogen (secondary N) is 2. The van der Waals surface area contributed by atoms with Gasteiger partial charge in [-0.3, -0.25) is 4.79 Å². The Labute approximate surface area is 153 Å². The fraction of sp³-hybridized carbons (Fsp3) is 0.312. The van der Waals surface area contributed by atoms with Crippen molar-refractivity contribution in [3.05, 3.63) is 41.1 Å². The molecular weight excluding hydrogens is 390 g/mol. The maximum Gasteiger partial charge on any atom is 0.243 e. The topological polar surface area (TPSA) is 70.2 Å². The predicted octanol–water partition coefficient (Wildman–Crippen LogP) is 2.84. The lowest BCUT2D eigenvalue weighted by molar-refractivity contribution is -0.114.